The maximum absolute atomic E-state index is 13.0. The zero-order valence-electron chi connectivity index (χ0n) is 15.1. The van der Waals surface area contributed by atoms with Gasteiger partial charge in [-0.3, -0.25) is 4.79 Å². The molecule has 2 N–H and O–H groups in total. The number of likely N-dealkylation sites (tertiary alicyclic amines) is 1. The predicted molar refractivity (Wildman–Crippen MR) is 92.4 cm³/mol. The first-order chi connectivity index (χ1) is 11.8. The summed E-state index contributed by atoms with van der Waals surface area (Å²) >= 11 is 0. The second kappa shape index (κ2) is 6.88. The van der Waals surface area contributed by atoms with E-state index in [-0.39, 0.29) is 17.6 Å². The SMILES string of the molecule is CO[C@@]12CC[C@H](O)C[C@@H]1N(C(=O)c1cc(CC(C)C)[nH]c(=O)n1)CC2. The summed E-state index contributed by atoms with van der Waals surface area (Å²) in [5, 5.41) is 10.1. The van der Waals surface area contributed by atoms with Crippen molar-refractivity contribution in [1.82, 2.24) is 14.9 Å². The number of amides is 1. The van der Waals surface area contributed by atoms with Crippen LogP contribution in [0, 0.1) is 5.92 Å². The van der Waals surface area contributed by atoms with Crippen LogP contribution in [-0.2, 0) is 11.2 Å². The van der Waals surface area contributed by atoms with Gasteiger partial charge in [-0.1, -0.05) is 13.8 Å². The van der Waals surface area contributed by atoms with Crippen molar-refractivity contribution in [2.45, 2.75) is 63.7 Å². The van der Waals surface area contributed by atoms with Crippen molar-refractivity contribution < 1.29 is 14.6 Å². The van der Waals surface area contributed by atoms with Crippen LogP contribution < -0.4 is 5.69 Å². The Hall–Kier alpha value is -1.73. The van der Waals surface area contributed by atoms with E-state index < -0.39 is 17.4 Å². The molecule has 1 aliphatic heterocycles. The lowest BCUT2D eigenvalue weighted by Crippen LogP contribution is -2.53. The van der Waals surface area contributed by atoms with Crippen molar-refractivity contribution in [1.29, 1.82) is 0 Å². The summed E-state index contributed by atoms with van der Waals surface area (Å²) in [5.41, 5.74) is 0.00426. The van der Waals surface area contributed by atoms with Crippen LogP contribution in [0.25, 0.3) is 0 Å². The number of nitrogens with zero attached hydrogens (tertiary/aromatic N) is 2. The molecule has 0 radical (unpaired) electrons. The summed E-state index contributed by atoms with van der Waals surface area (Å²) in [6.45, 7) is 4.66. The predicted octanol–water partition coefficient (Wildman–Crippen LogP) is 1.11. The number of aliphatic hydroxyl groups is 1. The molecule has 25 heavy (non-hydrogen) atoms. The van der Waals surface area contributed by atoms with Crippen molar-refractivity contribution in [3.63, 3.8) is 0 Å². The van der Waals surface area contributed by atoms with Crippen LogP contribution >= 0.6 is 0 Å². The Kier molecular flexibility index (Phi) is 4.97. The Morgan fingerprint density at radius 2 is 2.28 bits per heavy atom. The summed E-state index contributed by atoms with van der Waals surface area (Å²) in [7, 11) is 1.67. The third-order valence-electron chi connectivity index (χ3n) is 5.47. The van der Waals surface area contributed by atoms with Gasteiger partial charge >= 0.3 is 5.69 Å². The van der Waals surface area contributed by atoms with Gasteiger partial charge in [-0.2, -0.15) is 4.98 Å². The van der Waals surface area contributed by atoms with E-state index in [1.165, 1.54) is 0 Å². The second-order valence-electron chi connectivity index (χ2n) is 7.66. The van der Waals surface area contributed by atoms with Crippen molar-refractivity contribution in [3.8, 4) is 0 Å². The quantitative estimate of drug-likeness (QED) is 0.849. The van der Waals surface area contributed by atoms with Crippen LogP contribution in [0.15, 0.2) is 10.9 Å². The molecule has 0 aromatic carbocycles. The van der Waals surface area contributed by atoms with Crippen LogP contribution in [0.1, 0.15) is 55.7 Å². The number of H-pyrrole nitrogens is 1. The number of fused-ring (bicyclic) bond motifs is 1. The molecule has 1 saturated carbocycles. The van der Waals surface area contributed by atoms with E-state index in [9.17, 15) is 14.7 Å². The van der Waals surface area contributed by atoms with Crippen LogP contribution in [-0.4, -0.2) is 57.3 Å². The number of methoxy groups -OCH3 is 1. The van der Waals surface area contributed by atoms with Gasteiger partial charge in [0.1, 0.15) is 5.69 Å². The fraction of sp³-hybridized carbons (Fsp3) is 0.722. The van der Waals surface area contributed by atoms with Crippen molar-refractivity contribution in [2.75, 3.05) is 13.7 Å². The normalized spacial score (nSPS) is 29.1. The number of hydrogen-bond donors (Lipinski definition) is 2. The zero-order valence-corrected chi connectivity index (χ0v) is 15.1. The van der Waals surface area contributed by atoms with Gasteiger partial charge in [0.05, 0.1) is 17.7 Å². The van der Waals surface area contributed by atoms with Crippen molar-refractivity contribution in [2.24, 2.45) is 5.92 Å². The average molecular weight is 349 g/mol. The molecule has 2 aliphatic rings. The van der Waals surface area contributed by atoms with Crippen LogP contribution in [0.3, 0.4) is 0 Å². The minimum Gasteiger partial charge on any atom is -0.393 e. The summed E-state index contributed by atoms with van der Waals surface area (Å²) in [4.78, 5) is 33.2. The monoisotopic (exact) mass is 349 g/mol. The minimum absolute atomic E-state index is 0.173. The Bertz CT molecular complexity index is 702. The fourth-order valence-electron chi connectivity index (χ4n) is 4.23. The topological polar surface area (TPSA) is 95.5 Å². The number of aliphatic hydroxyl groups excluding tert-OH is 1. The zero-order chi connectivity index (χ0) is 18.2. The summed E-state index contributed by atoms with van der Waals surface area (Å²) < 4.78 is 5.77. The van der Waals surface area contributed by atoms with E-state index in [1.807, 2.05) is 0 Å². The molecule has 3 rings (SSSR count). The highest BCUT2D eigenvalue weighted by molar-refractivity contribution is 5.93. The maximum Gasteiger partial charge on any atom is 0.345 e. The second-order valence-corrected chi connectivity index (χ2v) is 7.66. The third-order valence-corrected chi connectivity index (χ3v) is 5.47. The number of hydrogen-bond acceptors (Lipinski definition) is 5. The number of aromatic amines is 1. The Morgan fingerprint density at radius 1 is 1.52 bits per heavy atom. The highest BCUT2D eigenvalue weighted by Gasteiger charge is 2.52. The lowest BCUT2D eigenvalue weighted by molar-refractivity contribution is -0.0824. The lowest BCUT2D eigenvalue weighted by atomic mass is 9.79. The molecular weight excluding hydrogens is 322 g/mol. The van der Waals surface area contributed by atoms with Gasteiger partial charge < -0.3 is 19.7 Å². The molecule has 1 aliphatic carbocycles. The first-order valence-electron chi connectivity index (χ1n) is 8.99. The van der Waals surface area contributed by atoms with Gasteiger partial charge in [-0.25, -0.2) is 4.79 Å². The number of carbonyl (C=O) groups excluding carboxylic acids is 1. The van der Waals surface area contributed by atoms with Gasteiger partial charge in [0.15, 0.2) is 0 Å². The van der Waals surface area contributed by atoms with Crippen LogP contribution in [0.5, 0.6) is 0 Å². The highest BCUT2D eigenvalue weighted by atomic mass is 16.5. The molecule has 7 nitrogen and oxygen atoms in total. The van der Waals surface area contributed by atoms with E-state index in [1.54, 1.807) is 18.1 Å². The number of rotatable bonds is 4. The minimum atomic E-state index is -0.498. The lowest BCUT2D eigenvalue weighted by Gasteiger charge is -2.42. The summed E-state index contributed by atoms with van der Waals surface area (Å²) in [6, 6.07) is 1.50. The number of nitrogens with one attached hydrogen (secondary N) is 1. The standard InChI is InChI=1S/C18H27N3O4/c1-11(2)8-12-9-14(20-17(24)19-12)16(23)21-7-6-18(25-3)5-4-13(22)10-15(18)21/h9,11,13,15,22H,4-8,10H2,1-3H3,(H,19,20,24)/t13-,15-,18+/m0/s1. The molecule has 1 saturated heterocycles. The molecule has 2 heterocycles. The maximum atomic E-state index is 13.0. The van der Waals surface area contributed by atoms with Crippen molar-refractivity contribution >= 4 is 5.91 Å². The van der Waals surface area contributed by atoms with E-state index in [2.05, 4.69) is 23.8 Å². The Labute approximate surface area is 147 Å². The van der Waals surface area contributed by atoms with Gasteiger partial charge in [0.2, 0.25) is 0 Å². The van der Waals surface area contributed by atoms with Crippen LogP contribution in [0.4, 0.5) is 0 Å². The molecule has 138 valence electrons. The first-order valence-corrected chi connectivity index (χ1v) is 8.99. The number of carbonyl (C=O) groups is 1. The third kappa shape index (κ3) is 3.48. The number of ether oxygens (including phenoxy) is 1. The van der Waals surface area contributed by atoms with Gasteiger partial charge in [-0.15, -0.1) is 0 Å². The smallest absolute Gasteiger partial charge is 0.345 e. The highest BCUT2D eigenvalue weighted by Crippen LogP contribution is 2.42. The Morgan fingerprint density at radius 3 is 2.96 bits per heavy atom. The molecular formula is C18H27N3O4. The molecule has 0 spiro atoms. The van der Waals surface area contributed by atoms with E-state index >= 15 is 0 Å². The molecule has 1 aromatic heterocycles. The molecule has 1 aromatic rings. The summed E-state index contributed by atoms with van der Waals surface area (Å²) in [5.74, 6) is 0.108. The first kappa shape index (κ1) is 18.1. The van der Waals surface area contributed by atoms with Gasteiger partial charge in [0, 0.05) is 19.3 Å². The van der Waals surface area contributed by atoms with Crippen LogP contribution in [0.2, 0.25) is 0 Å². The molecule has 3 atom stereocenters. The van der Waals surface area contributed by atoms with E-state index in [4.69, 9.17) is 4.74 Å². The molecule has 2 fully saturated rings. The van der Waals surface area contributed by atoms with Crippen molar-refractivity contribution in [3.05, 3.63) is 27.9 Å². The molecule has 0 bridgehead atoms. The van der Waals surface area contributed by atoms with E-state index in [0.29, 0.717) is 31.7 Å². The van der Waals surface area contributed by atoms with Gasteiger partial charge in [-0.05, 0) is 44.1 Å². The molecule has 0 unspecified atom stereocenters. The number of aromatic nitrogens is 2. The summed E-state index contributed by atoms with van der Waals surface area (Å²) in [6.07, 6.45) is 2.93. The Balaban J connectivity index is 1.88. The molecule has 1 amide bonds. The largest absolute Gasteiger partial charge is 0.393 e. The molecule has 7 heteroatoms. The fourth-order valence-corrected chi connectivity index (χ4v) is 4.23. The average Bonchev–Trinajstić information content (AvgIpc) is 2.92. The van der Waals surface area contributed by atoms with Gasteiger partial charge in [0.25, 0.3) is 5.91 Å². The van der Waals surface area contributed by atoms with E-state index in [0.717, 1.165) is 18.5 Å².